The number of nitrogens with zero attached hydrogens (tertiary/aromatic N) is 1. The summed E-state index contributed by atoms with van der Waals surface area (Å²) in [5, 5.41) is 1.01. The second-order valence-electron chi connectivity index (χ2n) is 6.73. The third kappa shape index (κ3) is 3.11. The van der Waals surface area contributed by atoms with Crippen LogP contribution >= 0.6 is 0 Å². The Labute approximate surface area is 141 Å². The maximum Gasteiger partial charge on any atom is 0.336 e. The molecule has 1 atom stereocenters. The van der Waals surface area contributed by atoms with Crippen LogP contribution in [0.5, 0.6) is 0 Å². The van der Waals surface area contributed by atoms with Gasteiger partial charge in [-0.1, -0.05) is 18.6 Å². The molecule has 5 heteroatoms. The van der Waals surface area contributed by atoms with Crippen molar-refractivity contribution in [3.8, 4) is 0 Å². The summed E-state index contributed by atoms with van der Waals surface area (Å²) in [6, 6.07) is 7.92. The molecule has 0 saturated carbocycles. The van der Waals surface area contributed by atoms with Crippen LogP contribution in [0.1, 0.15) is 30.4 Å². The lowest BCUT2D eigenvalue weighted by atomic mass is 9.99. The van der Waals surface area contributed by atoms with E-state index < -0.39 is 0 Å². The number of benzene rings is 1. The summed E-state index contributed by atoms with van der Waals surface area (Å²) in [5.74, 6) is 0. The van der Waals surface area contributed by atoms with Gasteiger partial charge in [0.15, 0.2) is 6.29 Å². The molecule has 3 heterocycles. The number of ether oxygens (including phenoxy) is 2. The molecule has 2 fully saturated rings. The first-order chi connectivity index (χ1) is 11.7. The fraction of sp³-hybridized carbons (Fsp3) is 0.526. The highest BCUT2D eigenvalue weighted by molar-refractivity contribution is 5.80. The highest BCUT2D eigenvalue weighted by atomic mass is 16.7. The zero-order valence-corrected chi connectivity index (χ0v) is 14.0. The van der Waals surface area contributed by atoms with Crippen LogP contribution in [0.4, 0.5) is 0 Å². The molecule has 1 aromatic carbocycles. The molecule has 5 nitrogen and oxygen atoms in total. The first-order valence-electron chi connectivity index (χ1n) is 8.71. The SMILES string of the molecule is Cc1ccc2c(CN3CCCC[C@@H]3C3OCCO3)cc(=O)oc2c1. The zero-order valence-electron chi connectivity index (χ0n) is 14.0. The Morgan fingerprint density at radius 2 is 2.00 bits per heavy atom. The molecular formula is C19H23NO4. The molecule has 2 aromatic rings. The van der Waals surface area contributed by atoms with Gasteiger partial charge in [-0.2, -0.15) is 0 Å². The van der Waals surface area contributed by atoms with Crippen molar-refractivity contribution in [1.29, 1.82) is 0 Å². The predicted octanol–water partition coefficient (Wildman–Crippen LogP) is 2.83. The minimum atomic E-state index is -0.287. The minimum absolute atomic E-state index is 0.140. The Bertz CT molecular complexity index is 779. The third-order valence-corrected chi connectivity index (χ3v) is 4.99. The van der Waals surface area contributed by atoms with Crippen LogP contribution in [0.2, 0.25) is 0 Å². The maximum absolute atomic E-state index is 12.0. The van der Waals surface area contributed by atoms with Crippen molar-refractivity contribution in [3.63, 3.8) is 0 Å². The van der Waals surface area contributed by atoms with Crippen molar-refractivity contribution in [2.75, 3.05) is 19.8 Å². The first-order valence-corrected chi connectivity index (χ1v) is 8.71. The van der Waals surface area contributed by atoms with E-state index in [9.17, 15) is 4.79 Å². The van der Waals surface area contributed by atoms with E-state index >= 15 is 0 Å². The lowest BCUT2D eigenvalue weighted by Crippen LogP contribution is -2.46. The molecule has 2 saturated heterocycles. The van der Waals surface area contributed by atoms with Crippen LogP contribution in [0.3, 0.4) is 0 Å². The smallest absolute Gasteiger partial charge is 0.336 e. The largest absolute Gasteiger partial charge is 0.423 e. The number of hydrogen-bond donors (Lipinski definition) is 0. The number of fused-ring (bicyclic) bond motifs is 1. The molecule has 0 radical (unpaired) electrons. The van der Waals surface area contributed by atoms with E-state index in [0.29, 0.717) is 18.8 Å². The second-order valence-corrected chi connectivity index (χ2v) is 6.73. The first kappa shape index (κ1) is 15.8. The lowest BCUT2D eigenvalue weighted by molar-refractivity contribution is -0.111. The van der Waals surface area contributed by atoms with E-state index in [1.54, 1.807) is 6.07 Å². The Morgan fingerprint density at radius 1 is 1.17 bits per heavy atom. The Balaban J connectivity index is 1.65. The summed E-state index contributed by atoms with van der Waals surface area (Å²) in [4.78, 5) is 14.4. The molecule has 2 aliphatic rings. The van der Waals surface area contributed by atoms with Gasteiger partial charge in [0.1, 0.15) is 5.58 Å². The molecule has 0 unspecified atom stereocenters. The van der Waals surface area contributed by atoms with Crippen molar-refractivity contribution < 1.29 is 13.9 Å². The average Bonchev–Trinajstić information content (AvgIpc) is 3.09. The number of likely N-dealkylation sites (tertiary alicyclic amines) is 1. The number of aryl methyl sites for hydroxylation is 1. The van der Waals surface area contributed by atoms with Crippen LogP contribution in [0, 0.1) is 6.92 Å². The fourth-order valence-corrected chi connectivity index (χ4v) is 3.81. The summed E-state index contributed by atoms with van der Waals surface area (Å²) in [5.41, 5.74) is 2.49. The molecule has 24 heavy (non-hydrogen) atoms. The van der Waals surface area contributed by atoms with Crippen molar-refractivity contribution in [2.45, 2.75) is 45.1 Å². The van der Waals surface area contributed by atoms with Crippen LogP contribution in [0.25, 0.3) is 11.0 Å². The summed E-state index contributed by atoms with van der Waals surface area (Å²) in [6.07, 6.45) is 3.30. The molecule has 0 N–H and O–H groups in total. The van der Waals surface area contributed by atoms with Crippen LogP contribution in [0.15, 0.2) is 33.5 Å². The van der Waals surface area contributed by atoms with Crippen molar-refractivity contribution in [2.24, 2.45) is 0 Å². The highest BCUT2D eigenvalue weighted by Crippen LogP contribution is 2.27. The molecule has 0 aliphatic carbocycles. The molecule has 0 bridgehead atoms. The quantitative estimate of drug-likeness (QED) is 0.811. The summed E-state index contributed by atoms with van der Waals surface area (Å²) < 4.78 is 16.9. The second kappa shape index (κ2) is 6.67. The van der Waals surface area contributed by atoms with Gasteiger partial charge in [0, 0.05) is 18.0 Å². The van der Waals surface area contributed by atoms with Crippen molar-refractivity contribution in [3.05, 3.63) is 45.8 Å². The highest BCUT2D eigenvalue weighted by Gasteiger charge is 2.33. The predicted molar refractivity (Wildman–Crippen MR) is 91.0 cm³/mol. The molecule has 1 aromatic heterocycles. The van der Waals surface area contributed by atoms with E-state index in [1.807, 2.05) is 19.1 Å². The van der Waals surface area contributed by atoms with Gasteiger partial charge in [-0.15, -0.1) is 0 Å². The topological polar surface area (TPSA) is 51.9 Å². The van der Waals surface area contributed by atoms with Gasteiger partial charge in [0.2, 0.25) is 0 Å². The molecule has 0 spiro atoms. The van der Waals surface area contributed by atoms with Crippen molar-refractivity contribution in [1.82, 2.24) is 4.90 Å². The minimum Gasteiger partial charge on any atom is -0.423 e. The van der Waals surface area contributed by atoms with E-state index in [4.69, 9.17) is 13.9 Å². The molecule has 128 valence electrons. The normalized spacial score (nSPS) is 23.1. The van der Waals surface area contributed by atoms with E-state index in [1.165, 1.54) is 12.8 Å². The van der Waals surface area contributed by atoms with Gasteiger partial charge in [-0.25, -0.2) is 4.79 Å². The molecule has 0 amide bonds. The standard InChI is InChI=1S/C19H23NO4/c1-13-5-6-15-14(11-18(21)24-17(15)10-13)12-20-7-3-2-4-16(20)19-22-8-9-23-19/h5-6,10-11,16,19H,2-4,7-9,12H2,1H3/t16-/m1/s1. The summed E-state index contributed by atoms with van der Waals surface area (Å²) in [7, 11) is 0. The number of piperidine rings is 1. The van der Waals surface area contributed by atoms with E-state index in [2.05, 4.69) is 11.0 Å². The van der Waals surface area contributed by atoms with Gasteiger partial charge in [-0.3, -0.25) is 4.90 Å². The summed E-state index contributed by atoms with van der Waals surface area (Å²) in [6.45, 7) is 5.07. The van der Waals surface area contributed by atoms with Gasteiger partial charge in [-0.05, 0) is 43.5 Å². The van der Waals surface area contributed by atoms with Gasteiger partial charge in [0.05, 0.1) is 19.3 Å². The molecule has 4 rings (SSSR count). The Morgan fingerprint density at radius 3 is 2.83 bits per heavy atom. The van der Waals surface area contributed by atoms with Gasteiger partial charge >= 0.3 is 5.63 Å². The lowest BCUT2D eigenvalue weighted by Gasteiger charge is -2.38. The van der Waals surface area contributed by atoms with Crippen LogP contribution in [-0.4, -0.2) is 37.0 Å². The Kier molecular flexibility index (Phi) is 4.39. The maximum atomic E-state index is 12.0. The van der Waals surface area contributed by atoms with Crippen molar-refractivity contribution >= 4 is 11.0 Å². The van der Waals surface area contributed by atoms with Crippen LogP contribution in [-0.2, 0) is 16.0 Å². The summed E-state index contributed by atoms with van der Waals surface area (Å²) >= 11 is 0. The van der Waals surface area contributed by atoms with Crippen LogP contribution < -0.4 is 5.63 Å². The molecular weight excluding hydrogens is 306 g/mol. The average molecular weight is 329 g/mol. The fourth-order valence-electron chi connectivity index (χ4n) is 3.81. The number of rotatable bonds is 3. The third-order valence-electron chi connectivity index (χ3n) is 4.99. The van der Waals surface area contributed by atoms with Gasteiger partial charge in [0.25, 0.3) is 0 Å². The van der Waals surface area contributed by atoms with E-state index in [0.717, 1.165) is 36.0 Å². The zero-order chi connectivity index (χ0) is 16.5. The molecule has 2 aliphatic heterocycles. The monoisotopic (exact) mass is 329 g/mol. The van der Waals surface area contributed by atoms with E-state index in [-0.39, 0.29) is 18.0 Å². The van der Waals surface area contributed by atoms with Gasteiger partial charge < -0.3 is 13.9 Å². The number of hydrogen-bond acceptors (Lipinski definition) is 5. The Hall–Kier alpha value is -1.69.